The molecule has 4 heterocycles. The van der Waals surface area contributed by atoms with Crippen LogP contribution in [0, 0.1) is 0 Å². The summed E-state index contributed by atoms with van der Waals surface area (Å²) in [5.41, 5.74) is 5.94. The van der Waals surface area contributed by atoms with Crippen molar-refractivity contribution in [2.45, 2.75) is 45.9 Å². The molecule has 0 aliphatic carbocycles. The smallest absolute Gasteiger partial charge is 0.227 e. The van der Waals surface area contributed by atoms with Gasteiger partial charge in [-0.1, -0.05) is 18.2 Å². The van der Waals surface area contributed by atoms with Crippen LogP contribution in [0.5, 0.6) is 0 Å². The van der Waals surface area contributed by atoms with E-state index in [-0.39, 0.29) is 5.91 Å². The molecule has 1 aromatic carbocycles. The molecule has 0 unspecified atom stereocenters. The number of aromatic amines is 1. The van der Waals surface area contributed by atoms with Crippen molar-refractivity contribution in [2.24, 2.45) is 0 Å². The zero-order chi connectivity index (χ0) is 21.2. The molecule has 5 rings (SSSR count). The van der Waals surface area contributed by atoms with Crippen molar-refractivity contribution < 1.29 is 9.53 Å². The first-order valence-corrected chi connectivity index (χ1v) is 11.4. The van der Waals surface area contributed by atoms with Gasteiger partial charge in [-0.2, -0.15) is 5.10 Å². The van der Waals surface area contributed by atoms with Gasteiger partial charge in [-0.05, 0) is 25.0 Å². The van der Waals surface area contributed by atoms with Gasteiger partial charge in [0.15, 0.2) is 0 Å². The molecule has 1 saturated heterocycles. The van der Waals surface area contributed by atoms with E-state index in [2.05, 4.69) is 33.6 Å². The largest absolute Gasteiger partial charge is 0.376 e. The molecule has 0 spiro atoms. The molecule has 0 atom stereocenters. The number of hydrogen-bond acceptors (Lipinski definition) is 4. The summed E-state index contributed by atoms with van der Waals surface area (Å²) in [5.74, 6) is 0.215. The number of aromatic nitrogens is 3. The number of H-pyrrole nitrogens is 1. The molecular formula is C24H31N5O2. The van der Waals surface area contributed by atoms with Crippen LogP contribution >= 0.6 is 0 Å². The average Bonchev–Trinajstić information content (AvgIpc) is 3.27. The predicted octanol–water partition coefficient (Wildman–Crippen LogP) is 2.73. The highest BCUT2D eigenvalue weighted by Gasteiger charge is 2.24. The van der Waals surface area contributed by atoms with Crippen LogP contribution in [0.2, 0.25) is 0 Å². The maximum absolute atomic E-state index is 13.0. The Morgan fingerprint density at radius 1 is 1.19 bits per heavy atom. The lowest BCUT2D eigenvalue weighted by atomic mass is 10.1. The summed E-state index contributed by atoms with van der Waals surface area (Å²) >= 11 is 0. The molecular weight excluding hydrogens is 390 g/mol. The van der Waals surface area contributed by atoms with Gasteiger partial charge in [0.1, 0.15) is 0 Å². The van der Waals surface area contributed by atoms with E-state index in [4.69, 9.17) is 9.84 Å². The molecule has 7 nitrogen and oxygen atoms in total. The number of nitrogens with zero attached hydrogens (tertiary/aromatic N) is 4. The summed E-state index contributed by atoms with van der Waals surface area (Å²) in [7, 11) is 0. The molecule has 0 radical (unpaired) electrons. The highest BCUT2D eigenvalue weighted by atomic mass is 16.5. The molecule has 31 heavy (non-hydrogen) atoms. The number of amides is 1. The summed E-state index contributed by atoms with van der Waals surface area (Å²) in [4.78, 5) is 20.8. The number of aryl methyl sites for hydroxylation is 1. The lowest BCUT2D eigenvalue weighted by Gasteiger charge is -2.22. The molecule has 3 aromatic rings. The number of carbonyl (C=O) groups is 1. The third kappa shape index (κ3) is 4.12. The van der Waals surface area contributed by atoms with Gasteiger partial charge in [-0.15, -0.1) is 0 Å². The number of benzene rings is 1. The lowest BCUT2D eigenvalue weighted by molar-refractivity contribution is -0.130. The van der Waals surface area contributed by atoms with Crippen molar-refractivity contribution in [3.63, 3.8) is 0 Å². The van der Waals surface area contributed by atoms with E-state index >= 15 is 0 Å². The van der Waals surface area contributed by atoms with E-state index in [0.717, 1.165) is 80.9 Å². The van der Waals surface area contributed by atoms with Crippen LogP contribution in [-0.4, -0.2) is 63.3 Å². The van der Waals surface area contributed by atoms with Crippen LogP contribution < -0.4 is 0 Å². The molecule has 2 aliphatic heterocycles. The summed E-state index contributed by atoms with van der Waals surface area (Å²) in [6.45, 7) is 8.82. The normalized spacial score (nSPS) is 17.6. The van der Waals surface area contributed by atoms with Gasteiger partial charge in [0.2, 0.25) is 5.91 Å². The second-order valence-electron chi connectivity index (χ2n) is 8.54. The second kappa shape index (κ2) is 8.85. The maximum Gasteiger partial charge on any atom is 0.227 e. The van der Waals surface area contributed by atoms with Gasteiger partial charge in [0.25, 0.3) is 0 Å². The predicted molar refractivity (Wildman–Crippen MR) is 120 cm³/mol. The first kappa shape index (κ1) is 20.3. The Labute approximate surface area is 183 Å². The fraction of sp³-hybridized carbons (Fsp3) is 0.500. The molecule has 2 aromatic heterocycles. The van der Waals surface area contributed by atoms with Crippen LogP contribution in [0.4, 0.5) is 0 Å². The number of para-hydroxylation sites is 1. The number of carbonyl (C=O) groups excluding carboxylic acids is 1. The van der Waals surface area contributed by atoms with Crippen molar-refractivity contribution in [3.8, 4) is 0 Å². The monoisotopic (exact) mass is 421 g/mol. The van der Waals surface area contributed by atoms with Gasteiger partial charge in [-0.25, -0.2) is 0 Å². The quantitative estimate of drug-likeness (QED) is 0.688. The second-order valence-corrected chi connectivity index (χ2v) is 8.54. The molecule has 0 saturated carbocycles. The fourth-order valence-corrected chi connectivity index (χ4v) is 4.91. The Kier molecular flexibility index (Phi) is 5.78. The average molecular weight is 422 g/mol. The Bertz CT molecular complexity index is 1070. The van der Waals surface area contributed by atoms with Crippen LogP contribution in [0.25, 0.3) is 10.9 Å². The highest BCUT2D eigenvalue weighted by Crippen LogP contribution is 2.23. The third-order valence-electron chi connectivity index (χ3n) is 6.61. The Hall–Kier alpha value is -2.64. The first-order valence-electron chi connectivity index (χ1n) is 11.4. The molecule has 1 N–H and O–H groups in total. The summed E-state index contributed by atoms with van der Waals surface area (Å²) < 4.78 is 7.85. The van der Waals surface area contributed by atoms with E-state index in [9.17, 15) is 4.79 Å². The van der Waals surface area contributed by atoms with E-state index in [1.54, 1.807) is 0 Å². The van der Waals surface area contributed by atoms with Gasteiger partial charge < -0.3 is 14.6 Å². The number of ether oxygens (including phenoxy) is 1. The third-order valence-corrected chi connectivity index (χ3v) is 6.61. The van der Waals surface area contributed by atoms with Crippen molar-refractivity contribution in [1.82, 2.24) is 24.6 Å². The molecule has 2 aliphatic rings. The minimum atomic E-state index is 0.215. The summed E-state index contributed by atoms with van der Waals surface area (Å²) in [6, 6.07) is 8.17. The van der Waals surface area contributed by atoms with Gasteiger partial charge in [-0.3, -0.25) is 14.4 Å². The summed E-state index contributed by atoms with van der Waals surface area (Å²) in [5, 5.41) is 6.02. The minimum Gasteiger partial charge on any atom is -0.376 e. The molecule has 1 fully saturated rings. The molecule has 164 valence electrons. The van der Waals surface area contributed by atoms with E-state index in [1.807, 2.05) is 23.2 Å². The SMILES string of the molecule is CCn1nc(CN2CCCN(C(=O)Cc3c[nH]c4ccccc34)CC2)c2c1CCOC2. The van der Waals surface area contributed by atoms with Crippen molar-refractivity contribution in [2.75, 3.05) is 32.8 Å². The minimum absolute atomic E-state index is 0.215. The standard InChI is InChI=1S/C24H31N5O2/c1-2-29-23-8-13-31-17-20(23)22(26-29)16-27-9-5-10-28(12-11-27)24(30)14-18-15-25-21-7-4-3-6-19(18)21/h3-4,6-7,15,25H,2,5,8-14,16-17H2,1H3. The van der Waals surface area contributed by atoms with Crippen molar-refractivity contribution >= 4 is 16.8 Å². The zero-order valence-corrected chi connectivity index (χ0v) is 18.3. The number of hydrogen-bond donors (Lipinski definition) is 1. The van der Waals surface area contributed by atoms with Gasteiger partial charge in [0.05, 0.1) is 25.3 Å². The Morgan fingerprint density at radius 3 is 3.00 bits per heavy atom. The Balaban J connectivity index is 1.22. The number of fused-ring (bicyclic) bond motifs is 2. The van der Waals surface area contributed by atoms with Crippen molar-refractivity contribution in [3.05, 3.63) is 53.0 Å². The van der Waals surface area contributed by atoms with Gasteiger partial charge in [0, 0.05) is 74.0 Å². The zero-order valence-electron chi connectivity index (χ0n) is 18.3. The lowest BCUT2D eigenvalue weighted by Crippen LogP contribution is -2.36. The number of nitrogens with one attached hydrogen (secondary N) is 1. The Morgan fingerprint density at radius 2 is 2.10 bits per heavy atom. The van der Waals surface area contributed by atoms with E-state index in [1.165, 1.54) is 11.3 Å². The van der Waals surface area contributed by atoms with Crippen LogP contribution in [-0.2, 0) is 42.1 Å². The van der Waals surface area contributed by atoms with Crippen molar-refractivity contribution in [1.29, 1.82) is 0 Å². The first-order chi connectivity index (χ1) is 15.2. The molecule has 7 heteroatoms. The summed E-state index contributed by atoms with van der Waals surface area (Å²) in [6.07, 6.45) is 4.37. The fourth-order valence-electron chi connectivity index (χ4n) is 4.91. The maximum atomic E-state index is 13.0. The number of rotatable bonds is 5. The molecule has 1 amide bonds. The van der Waals surface area contributed by atoms with E-state index in [0.29, 0.717) is 13.0 Å². The van der Waals surface area contributed by atoms with Crippen LogP contribution in [0.1, 0.15) is 35.9 Å². The van der Waals surface area contributed by atoms with Crippen LogP contribution in [0.3, 0.4) is 0 Å². The van der Waals surface area contributed by atoms with E-state index < -0.39 is 0 Å². The topological polar surface area (TPSA) is 66.4 Å². The van der Waals surface area contributed by atoms with Crippen LogP contribution in [0.15, 0.2) is 30.5 Å². The van der Waals surface area contributed by atoms with Gasteiger partial charge >= 0.3 is 0 Å². The highest BCUT2D eigenvalue weighted by molar-refractivity contribution is 5.88. The molecule has 0 bridgehead atoms.